The smallest absolute Gasteiger partial charge is 0.263 e. The van der Waals surface area contributed by atoms with E-state index in [0.29, 0.717) is 57.0 Å². The second-order valence-corrected chi connectivity index (χ2v) is 8.68. The quantitative estimate of drug-likeness (QED) is 0.279. The van der Waals surface area contributed by atoms with Crippen molar-refractivity contribution in [3.05, 3.63) is 56.9 Å². The van der Waals surface area contributed by atoms with Crippen molar-refractivity contribution in [2.45, 2.75) is 13.3 Å². The molecule has 2 aromatic carbocycles. The van der Waals surface area contributed by atoms with Crippen LogP contribution in [0.2, 0.25) is 10.0 Å². The van der Waals surface area contributed by atoms with Crippen LogP contribution in [0.15, 0.2) is 41.3 Å². The zero-order valence-corrected chi connectivity index (χ0v) is 19.2. The predicted molar refractivity (Wildman–Crippen MR) is 126 cm³/mol. The van der Waals surface area contributed by atoms with Gasteiger partial charge in [0, 0.05) is 11.4 Å². The van der Waals surface area contributed by atoms with Gasteiger partial charge in [0.25, 0.3) is 5.91 Å². The van der Waals surface area contributed by atoms with Gasteiger partial charge in [-0.05, 0) is 55.0 Å². The van der Waals surface area contributed by atoms with E-state index in [-0.39, 0.29) is 5.91 Å². The molecular weight excluding hydrogens is 465 g/mol. The van der Waals surface area contributed by atoms with Crippen LogP contribution < -0.4 is 19.5 Å². The Labute approximate surface area is 194 Å². The summed E-state index contributed by atoms with van der Waals surface area (Å²) >= 11 is 18.5. The van der Waals surface area contributed by atoms with Gasteiger partial charge in [-0.15, -0.1) is 0 Å². The van der Waals surface area contributed by atoms with E-state index >= 15 is 0 Å². The van der Waals surface area contributed by atoms with Gasteiger partial charge in [-0.1, -0.05) is 47.2 Å². The molecule has 1 amide bonds. The highest BCUT2D eigenvalue weighted by molar-refractivity contribution is 8.26. The lowest BCUT2D eigenvalue weighted by atomic mass is 10.2. The Kier molecular flexibility index (Phi) is 8.27. The van der Waals surface area contributed by atoms with Crippen LogP contribution in [0.4, 0.5) is 0 Å². The summed E-state index contributed by atoms with van der Waals surface area (Å²) in [7, 11) is 0. The van der Waals surface area contributed by atoms with E-state index in [1.807, 2.05) is 19.1 Å². The van der Waals surface area contributed by atoms with Crippen LogP contribution in [-0.2, 0) is 4.79 Å². The summed E-state index contributed by atoms with van der Waals surface area (Å²) < 4.78 is 17.6. The molecule has 0 aliphatic carbocycles. The van der Waals surface area contributed by atoms with Crippen LogP contribution in [0.25, 0.3) is 6.08 Å². The third-order valence-corrected chi connectivity index (χ3v) is 5.58. The number of carbonyl (C=O) groups excluding carboxylic acids is 1. The molecule has 0 spiro atoms. The fraction of sp³-hybridized carbons (Fsp3) is 0.238. The van der Waals surface area contributed by atoms with Crippen LogP contribution in [0, 0.1) is 0 Å². The Balaban J connectivity index is 1.62. The number of carbonyl (C=O) groups is 1. The minimum Gasteiger partial charge on any atom is -0.493 e. The van der Waals surface area contributed by atoms with Crippen molar-refractivity contribution < 1.29 is 19.0 Å². The Morgan fingerprint density at radius 2 is 1.83 bits per heavy atom. The first-order valence-electron chi connectivity index (χ1n) is 9.18. The minimum atomic E-state index is -0.222. The molecule has 9 heteroatoms. The van der Waals surface area contributed by atoms with Gasteiger partial charge in [0.05, 0.1) is 29.7 Å². The van der Waals surface area contributed by atoms with Crippen LogP contribution in [0.3, 0.4) is 0 Å². The van der Waals surface area contributed by atoms with Crippen molar-refractivity contribution in [1.82, 2.24) is 5.32 Å². The minimum absolute atomic E-state index is 0.222. The van der Waals surface area contributed by atoms with Crippen molar-refractivity contribution in [1.29, 1.82) is 0 Å². The molecule has 158 valence electrons. The van der Waals surface area contributed by atoms with E-state index in [4.69, 9.17) is 49.6 Å². The fourth-order valence-corrected chi connectivity index (χ4v) is 4.04. The third kappa shape index (κ3) is 6.28. The second-order valence-electron chi connectivity index (χ2n) is 6.12. The molecule has 1 aliphatic heterocycles. The monoisotopic (exact) mass is 483 g/mol. The molecule has 0 unspecified atom stereocenters. The number of thiocarbonyl (C=S) groups is 1. The molecule has 3 rings (SSSR count). The Bertz CT molecular complexity index is 964. The van der Waals surface area contributed by atoms with Crippen LogP contribution in [0.1, 0.15) is 18.9 Å². The Morgan fingerprint density at radius 3 is 2.50 bits per heavy atom. The molecule has 1 saturated heterocycles. The first-order chi connectivity index (χ1) is 14.5. The number of nitrogens with one attached hydrogen (secondary N) is 1. The average molecular weight is 484 g/mol. The Morgan fingerprint density at radius 1 is 1.10 bits per heavy atom. The van der Waals surface area contributed by atoms with Gasteiger partial charge >= 0.3 is 0 Å². The van der Waals surface area contributed by atoms with Gasteiger partial charge in [0.1, 0.15) is 10.1 Å². The van der Waals surface area contributed by atoms with E-state index in [1.54, 1.807) is 30.3 Å². The van der Waals surface area contributed by atoms with Gasteiger partial charge in [0.2, 0.25) is 0 Å². The molecule has 1 aliphatic rings. The van der Waals surface area contributed by atoms with Crippen molar-refractivity contribution in [3.8, 4) is 17.2 Å². The highest BCUT2D eigenvalue weighted by Gasteiger charge is 2.22. The standard InChI is InChI=1S/C21H19Cl2NO4S2/c1-2-26-17-11-13(12-18-20(25)24-21(29)30-18)10-16(23)19(17)28-9-3-8-27-15-6-4-14(22)5-7-15/h4-7,10-12H,2-3,8-9H2,1H3,(H,24,25,29). The lowest BCUT2D eigenvalue weighted by Crippen LogP contribution is -2.17. The average Bonchev–Trinajstić information content (AvgIpc) is 3.01. The van der Waals surface area contributed by atoms with Crippen molar-refractivity contribution >= 4 is 63.5 Å². The molecule has 0 aromatic heterocycles. The Hall–Kier alpha value is -1.93. The molecule has 1 fully saturated rings. The van der Waals surface area contributed by atoms with Gasteiger partial charge in [-0.25, -0.2) is 0 Å². The fourth-order valence-electron chi connectivity index (χ4n) is 2.60. The summed E-state index contributed by atoms with van der Waals surface area (Å²) in [5, 5.41) is 3.65. The highest BCUT2D eigenvalue weighted by atomic mass is 35.5. The van der Waals surface area contributed by atoms with Crippen molar-refractivity contribution in [2.24, 2.45) is 0 Å². The van der Waals surface area contributed by atoms with Crippen molar-refractivity contribution in [2.75, 3.05) is 19.8 Å². The maximum Gasteiger partial charge on any atom is 0.263 e. The summed E-state index contributed by atoms with van der Waals surface area (Å²) in [6, 6.07) is 10.7. The van der Waals surface area contributed by atoms with Gasteiger partial charge in [0.15, 0.2) is 11.5 Å². The molecule has 5 nitrogen and oxygen atoms in total. The first-order valence-corrected chi connectivity index (χ1v) is 11.2. The molecule has 0 saturated carbocycles. The van der Waals surface area contributed by atoms with E-state index in [0.717, 1.165) is 11.3 Å². The molecule has 1 heterocycles. The maximum absolute atomic E-state index is 11.9. The number of thioether (sulfide) groups is 1. The van der Waals surface area contributed by atoms with E-state index in [1.165, 1.54) is 11.8 Å². The summed E-state index contributed by atoms with van der Waals surface area (Å²) in [6.45, 7) is 3.22. The first kappa shape index (κ1) is 22.7. The number of ether oxygens (including phenoxy) is 3. The third-order valence-electron chi connectivity index (χ3n) is 3.89. The number of rotatable bonds is 9. The molecular formula is C21H19Cl2NO4S2. The molecule has 1 N–H and O–H groups in total. The van der Waals surface area contributed by atoms with Crippen LogP contribution in [0.5, 0.6) is 17.2 Å². The number of benzene rings is 2. The highest BCUT2D eigenvalue weighted by Crippen LogP contribution is 2.38. The normalized spacial score (nSPS) is 14.7. The lowest BCUT2D eigenvalue weighted by Gasteiger charge is -2.15. The zero-order chi connectivity index (χ0) is 21.5. The molecule has 30 heavy (non-hydrogen) atoms. The molecule has 0 radical (unpaired) electrons. The SMILES string of the molecule is CCOc1cc(C=C2SC(=S)NC2=O)cc(Cl)c1OCCCOc1ccc(Cl)cc1. The molecule has 2 aromatic rings. The number of hydrogen-bond acceptors (Lipinski definition) is 6. The second kappa shape index (κ2) is 10.9. The lowest BCUT2D eigenvalue weighted by molar-refractivity contribution is -0.115. The largest absolute Gasteiger partial charge is 0.493 e. The summed E-state index contributed by atoms with van der Waals surface area (Å²) in [6.07, 6.45) is 2.38. The van der Waals surface area contributed by atoms with E-state index < -0.39 is 0 Å². The summed E-state index contributed by atoms with van der Waals surface area (Å²) in [5.41, 5.74) is 0.726. The van der Waals surface area contributed by atoms with E-state index in [9.17, 15) is 4.79 Å². The maximum atomic E-state index is 11.9. The van der Waals surface area contributed by atoms with Crippen LogP contribution >= 0.6 is 47.2 Å². The van der Waals surface area contributed by atoms with Gasteiger partial charge in [-0.3, -0.25) is 4.79 Å². The summed E-state index contributed by atoms with van der Waals surface area (Å²) in [5.74, 6) is 1.51. The molecule has 0 atom stereocenters. The van der Waals surface area contributed by atoms with Crippen LogP contribution in [-0.4, -0.2) is 30.0 Å². The molecule has 0 bridgehead atoms. The number of amides is 1. The van der Waals surface area contributed by atoms with Crippen molar-refractivity contribution in [3.63, 3.8) is 0 Å². The van der Waals surface area contributed by atoms with E-state index in [2.05, 4.69) is 5.32 Å². The topological polar surface area (TPSA) is 56.8 Å². The zero-order valence-electron chi connectivity index (χ0n) is 16.1. The van der Waals surface area contributed by atoms with Gasteiger partial charge in [-0.2, -0.15) is 0 Å². The number of hydrogen-bond donors (Lipinski definition) is 1. The predicted octanol–water partition coefficient (Wildman–Crippen LogP) is 5.73. The van der Waals surface area contributed by atoms with Gasteiger partial charge < -0.3 is 19.5 Å². The number of halogens is 2. The summed E-state index contributed by atoms with van der Waals surface area (Å²) in [4.78, 5) is 12.4.